The second-order valence-electron chi connectivity index (χ2n) is 7.28. The molecule has 3 aromatic rings. The molecule has 4 rings (SSSR count). The molecule has 0 saturated carbocycles. The summed E-state index contributed by atoms with van der Waals surface area (Å²) in [6.07, 6.45) is -2.77. The first-order valence-electron chi connectivity index (χ1n) is 10.3. The highest BCUT2D eigenvalue weighted by Crippen LogP contribution is 2.36. The molecule has 1 heterocycles. The summed E-state index contributed by atoms with van der Waals surface area (Å²) in [6.45, 7) is 0.0471. The van der Waals surface area contributed by atoms with Gasteiger partial charge in [-0.15, -0.1) is 0 Å². The predicted molar refractivity (Wildman–Crippen MR) is 119 cm³/mol. The zero-order valence-corrected chi connectivity index (χ0v) is 18.3. The van der Waals surface area contributed by atoms with E-state index in [2.05, 4.69) is 5.32 Å². The fourth-order valence-electron chi connectivity index (χ4n) is 3.52. The number of hydrogen-bond acceptors (Lipinski definition) is 6. The van der Waals surface area contributed by atoms with Gasteiger partial charge in [-0.2, -0.15) is 5.06 Å². The average Bonchev–Trinajstić information content (AvgIpc) is 2.87. The van der Waals surface area contributed by atoms with Crippen LogP contribution in [0.3, 0.4) is 0 Å². The van der Waals surface area contributed by atoms with Crippen molar-refractivity contribution in [1.29, 1.82) is 0 Å². The summed E-state index contributed by atoms with van der Waals surface area (Å²) >= 11 is 0. The highest BCUT2D eigenvalue weighted by Gasteiger charge is 2.41. The number of amides is 2. The van der Waals surface area contributed by atoms with Crippen LogP contribution in [0.25, 0.3) is 0 Å². The molecular formula is C25H24N2O6. The van der Waals surface area contributed by atoms with Gasteiger partial charge in [0.1, 0.15) is 18.1 Å². The Hall–Kier alpha value is -4.04. The standard InChI is InChI=1S/C25H24N2O6/c1-30-19-13-14-21(31-2)20(15-19)23-26-24(28)22(18-11-7-4-8-12-18)33-27(23)25(29)32-16-17-9-5-3-6-10-17/h3-15,22-23H,16H2,1-2H3,(H,26,28). The van der Waals surface area contributed by atoms with E-state index < -0.39 is 24.3 Å². The molecule has 8 heteroatoms. The molecule has 33 heavy (non-hydrogen) atoms. The van der Waals surface area contributed by atoms with Crippen molar-refractivity contribution in [2.75, 3.05) is 14.2 Å². The molecule has 2 amide bonds. The summed E-state index contributed by atoms with van der Waals surface area (Å²) in [5.74, 6) is 0.578. The number of ether oxygens (including phenoxy) is 3. The summed E-state index contributed by atoms with van der Waals surface area (Å²) in [6, 6.07) is 23.3. The predicted octanol–water partition coefficient (Wildman–Crippen LogP) is 4.14. The van der Waals surface area contributed by atoms with E-state index in [1.165, 1.54) is 14.2 Å². The Labute approximate surface area is 191 Å². The molecule has 0 radical (unpaired) electrons. The number of benzene rings is 3. The minimum atomic E-state index is -1.02. The topological polar surface area (TPSA) is 86.3 Å². The third-order valence-corrected chi connectivity index (χ3v) is 5.19. The molecule has 2 atom stereocenters. The summed E-state index contributed by atoms with van der Waals surface area (Å²) in [5, 5.41) is 3.89. The van der Waals surface area contributed by atoms with Gasteiger partial charge in [-0.1, -0.05) is 60.7 Å². The van der Waals surface area contributed by atoms with Crippen molar-refractivity contribution in [2.45, 2.75) is 18.9 Å². The van der Waals surface area contributed by atoms with Gasteiger partial charge in [0.05, 0.1) is 14.2 Å². The molecule has 3 aromatic carbocycles. The van der Waals surface area contributed by atoms with Gasteiger partial charge in [0.25, 0.3) is 5.91 Å². The third kappa shape index (κ3) is 4.91. The summed E-state index contributed by atoms with van der Waals surface area (Å²) < 4.78 is 16.3. The fraction of sp³-hybridized carbons (Fsp3) is 0.200. The molecule has 1 fully saturated rings. The second kappa shape index (κ2) is 10.1. The lowest BCUT2D eigenvalue weighted by atomic mass is 10.1. The minimum absolute atomic E-state index is 0.0471. The fourth-order valence-corrected chi connectivity index (χ4v) is 3.52. The normalized spacial score (nSPS) is 17.8. The monoisotopic (exact) mass is 448 g/mol. The van der Waals surface area contributed by atoms with Crippen molar-refractivity contribution >= 4 is 12.0 Å². The van der Waals surface area contributed by atoms with E-state index in [0.717, 1.165) is 10.6 Å². The molecule has 0 aliphatic carbocycles. The van der Waals surface area contributed by atoms with Crippen molar-refractivity contribution in [3.05, 3.63) is 95.6 Å². The molecule has 1 aliphatic heterocycles. The summed E-state index contributed by atoms with van der Waals surface area (Å²) in [7, 11) is 3.03. The van der Waals surface area contributed by atoms with Gasteiger partial charge < -0.3 is 19.5 Å². The van der Waals surface area contributed by atoms with E-state index >= 15 is 0 Å². The van der Waals surface area contributed by atoms with Gasteiger partial charge in [-0.3, -0.25) is 4.79 Å². The summed E-state index contributed by atoms with van der Waals surface area (Å²) in [4.78, 5) is 32.1. The number of carbonyl (C=O) groups excluding carboxylic acids is 2. The maximum atomic E-state index is 13.1. The van der Waals surface area contributed by atoms with Crippen LogP contribution in [0.15, 0.2) is 78.9 Å². The Balaban J connectivity index is 1.66. The largest absolute Gasteiger partial charge is 0.497 e. The average molecular weight is 448 g/mol. The number of nitrogens with one attached hydrogen (secondary N) is 1. The van der Waals surface area contributed by atoms with Gasteiger partial charge in [0.15, 0.2) is 12.3 Å². The highest BCUT2D eigenvalue weighted by atomic mass is 16.7. The van der Waals surface area contributed by atoms with Crippen LogP contribution in [0.4, 0.5) is 4.79 Å². The van der Waals surface area contributed by atoms with Crippen molar-refractivity contribution in [1.82, 2.24) is 10.4 Å². The van der Waals surface area contributed by atoms with Gasteiger partial charge in [0.2, 0.25) is 0 Å². The first-order chi connectivity index (χ1) is 16.1. The number of rotatable bonds is 6. The smallest absolute Gasteiger partial charge is 0.436 e. The number of nitrogens with zero attached hydrogens (tertiary/aromatic N) is 1. The third-order valence-electron chi connectivity index (χ3n) is 5.19. The molecule has 0 bridgehead atoms. The van der Waals surface area contributed by atoms with Crippen LogP contribution in [0.5, 0.6) is 11.5 Å². The Morgan fingerprint density at radius 1 is 0.970 bits per heavy atom. The number of methoxy groups -OCH3 is 2. The van der Waals surface area contributed by atoms with E-state index in [4.69, 9.17) is 19.0 Å². The molecule has 0 spiro atoms. The molecule has 0 aromatic heterocycles. The lowest BCUT2D eigenvalue weighted by Gasteiger charge is -2.38. The van der Waals surface area contributed by atoms with Crippen molar-refractivity contribution in [2.24, 2.45) is 0 Å². The lowest BCUT2D eigenvalue weighted by molar-refractivity contribution is -0.229. The van der Waals surface area contributed by atoms with Crippen molar-refractivity contribution in [3.8, 4) is 11.5 Å². The van der Waals surface area contributed by atoms with Crippen LogP contribution in [0, 0.1) is 0 Å². The molecular weight excluding hydrogens is 424 g/mol. The maximum Gasteiger partial charge on any atom is 0.436 e. The minimum Gasteiger partial charge on any atom is -0.497 e. The van der Waals surface area contributed by atoms with Crippen molar-refractivity contribution in [3.63, 3.8) is 0 Å². The van der Waals surface area contributed by atoms with Crippen LogP contribution >= 0.6 is 0 Å². The SMILES string of the molecule is COc1ccc(OC)c(C2NC(=O)C(c3ccccc3)ON2C(=O)OCc2ccccc2)c1. The van der Waals surface area contributed by atoms with Gasteiger partial charge in [-0.25, -0.2) is 9.63 Å². The van der Waals surface area contributed by atoms with E-state index in [9.17, 15) is 9.59 Å². The van der Waals surface area contributed by atoms with E-state index in [-0.39, 0.29) is 6.61 Å². The van der Waals surface area contributed by atoms with E-state index in [1.54, 1.807) is 42.5 Å². The van der Waals surface area contributed by atoms with Crippen LogP contribution in [-0.4, -0.2) is 31.3 Å². The van der Waals surface area contributed by atoms with Gasteiger partial charge >= 0.3 is 6.09 Å². The lowest BCUT2D eigenvalue weighted by Crippen LogP contribution is -2.52. The first-order valence-corrected chi connectivity index (χ1v) is 10.3. The Kier molecular flexibility index (Phi) is 6.75. The van der Waals surface area contributed by atoms with Gasteiger partial charge in [-0.05, 0) is 29.3 Å². The van der Waals surface area contributed by atoms with Gasteiger partial charge in [0, 0.05) is 5.56 Å². The van der Waals surface area contributed by atoms with Crippen LogP contribution in [-0.2, 0) is 21.0 Å². The van der Waals surface area contributed by atoms with Crippen LogP contribution < -0.4 is 14.8 Å². The highest BCUT2D eigenvalue weighted by molar-refractivity contribution is 5.84. The molecule has 8 nitrogen and oxygen atoms in total. The van der Waals surface area contributed by atoms with Crippen molar-refractivity contribution < 1.29 is 28.6 Å². The van der Waals surface area contributed by atoms with E-state index in [1.807, 2.05) is 36.4 Å². The zero-order chi connectivity index (χ0) is 23.2. The maximum absolute atomic E-state index is 13.1. The second-order valence-corrected chi connectivity index (χ2v) is 7.28. The molecule has 1 N–H and O–H groups in total. The van der Waals surface area contributed by atoms with Crippen LogP contribution in [0.1, 0.15) is 29.0 Å². The summed E-state index contributed by atoms with van der Waals surface area (Å²) in [5.41, 5.74) is 1.90. The quantitative estimate of drug-likeness (QED) is 0.610. The number of hydroxylamine groups is 2. The first kappa shape index (κ1) is 22.2. The molecule has 1 saturated heterocycles. The Morgan fingerprint density at radius 2 is 1.67 bits per heavy atom. The molecule has 2 unspecified atom stereocenters. The molecule has 1 aliphatic rings. The number of hydrogen-bond donors (Lipinski definition) is 1. The Morgan fingerprint density at radius 3 is 2.33 bits per heavy atom. The zero-order valence-electron chi connectivity index (χ0n) is 18.3. The van der Waals surface area contributed by atoms with E-state index in [0.29, 0.717) is 22.6 Å². The van der Waals surface area contributed by atoms with Crippen LogP contribution in [0.2, 0.25) is 0 Å². The number of carbonyl (C=O) groups is 2. The molecule has 170 valence electrons. The Bertz CT molecular complexity index is 1110.